The van der Waals surface area contributed by atoms with Gasteiger partial charge in [0.2, 0.25) is 0 Å². The van der Waals surface area contributed by atoms with Crippen molar-refractivity contribution in [1.82, 2.24) is 9.78 Å². The maximum absolute atomic E-state index is 10.0. The van der Waals surface area contributed by atoms with Gasteiger partial charge in [0, 0.05) is 7.05 Å². The molecule has 0 aromatic carbocycles. The monoisotopic (exact) mass is 184 g/mol. The minimum atomic E-state index is -0.878. The van der Waals surface area contributed by atoms with Crippen LogP contribution in [-0.4, -0.2) is 22.0 Å². The SMILES string of the molecule is CCC(C)(O)c1c(OC)cnn1C. The Labute approximate surface area is 78.1 Å². The molecule has 1 heterocycles. The Morgan fingerprint density at radius 2 is 2.31 bits per heavy atom. The van der Waals surface area contributed by atoms with E-state index in [-0.39, 0.29) is 0 Å². The van der Waals surface area contributed by atoms with Crippen molar-refractivity contribution in [3.05, 3.63) is 11.9 Å². The van der Waals surface area contributed by atoms with Crippen LogP contribution in [0.25, 0.3) is 0 Å². The minimum absolute atomic E-state index is 0.628. The lowest BCUT2D eigenvalue weighted by Crippen LogP contribution is -2.24. The third-order valence-electron chi connectivity index (χ3n) is 2.32. The first-order valence-corrected chi connectivity index (χ1v) is 4.31. The highest BCUT2D eigenvalue weighted by Gasteiger charge is 2.28. The maximum atomic E-state index is 10.0. The molecule has 4 nitrogen and oxygen atoms in total. The Balaban J connectivity index is 3.18. The van der Waals surface area contributed by atoms with Crippen LogP contribution >= 0.6 is 0 Å². The van der Waals surface area contributed by atoms with Crippen LogP contribution in [0.3, 0.4) is 0 Å². The van der Waals surface area contributed by atoms with E-state index in [1.165, 1.54) is 0 Å². The van der Waals surface area contributed by atoms with Gasteiger partial charge in [0.15, 0.2) is 5.75 Å². The Hall–Kier alpha value is -1.03. The normalized spacial score (nSPS) is 15.5. The summed E-state index contributed by atoms with van der Waals surface area (Å²) in [6, 6.07) is 0. The van der Waals surface area contributed by atoms with Gasteiger partial charge in [-0.1, -0.05) is 6.92 Å². The summed E-state index contributed by atoms with van der Waals surface area (Å²) < 4.78 is 6.75. The van der Waals surface area contributed by atoms with E-state index in [1.807, 2.05) is 6.92 Å². The van der Waals surface area contributed by atoms with Crippen LogP contribution in [0.5, 0.6) is 5.75 Å². The van der Waals surface area contributed by atoms with Gasteiger partial charge >= 0.3 is 0 Å². The zero-order chi connectivity index (χ0) is 10.1. The van der Waals surface area contributed by atoms with Crippen molar-refractivity contribution >= 4 is 0 Å². The van der Waals surface area contributed by atoms with E-state index in [9.17, 15) is 5.11 Å². The lowest BCUT2D eigenvalue weighted by molar-refractivity contribution is 0.0420. The molecule has 1 unspecified atom stereocenters. The molecule has 0 radical (unpaired) electrons. The quantitative estimate of drug-likeness (QED) is 0.763. The average molecular weight is 184 g/mol. The first-order valence-electron chi connectivity index (χ1n) is 4.31. The summed E-state index contributed by atoms with van der Waals surface area (Å²) in [7, 11) is 3.37. The largest absolute Gasteiger partial charge is 0.493 e. The summed E-state index contributed by atoms with van der Waals surface area (Å²) in [5.74, 6) is 0.634. The zero-order valence-corrected chi connectivity index (χ0v) is 8.53. The molecule has 0 aliphatic carbocycles. The number of hydrogen-bond acceptors (Lipinski definition) is 3. The number of aryl methyl sites for hydroxylation is 1. The molecule has 0 aliphatic rings. The number of aliphatic hydroxyl groups is 1. The summed E-state index contributed by atoms with van der Waals surface area (Å²) in [5, 5.41) is 14.1. The summed E-state index contributed by atoms with van der Waals surface area (Å²) in [5.41, 5.74) is -0.158. The number of aromatic nitrogens is 2. The third-order valence-corrected chi connectivity index (χ3v) is 2.32. The van der Waals surface area contributed by atoms with Crippen LogP contribution in [0.4, 0.5) is 0 Å². The van der Waals surface area contributed by atoms with Gasteiger partial charge in [0.05, 0.1) is 13.3 Å². The smallest absolute Gasteiger partial charge is 0.162 e. The fraction of sp³-hybridized carbons (Fsp3) is 0.667. The van der Waals surface area contributed by atoms with Crippen molar-refractivity contribution in [2.24, 2.45) is 7.05 Å². The molecule has 0 fully saturated rings. The molecule has 0 saturated heterocycles. The number of methoxy groups -OCH3 is 1. The summed E-state index contributed by atoms with van der Waals surface area (Å²) >= 11 is 0. The molecule has 1 atom stereocenters. The van der Waals surface area contributed by atoms with Crippen LogP contribution in [0, 0.1) is 0 Å². The molecule has 0 aliphatic heterocycles. The summed E-state index contributed by atoms with van der Waals surface area (Å²) in [6.07, 6.45) is 2.24. The Kier molecular flexibility index (Phi) is 2.61. The maximum Gasteiger partial charge on any atom is 0.162 e. The number of hydrogen-bond donors (Lipinski definition) is 1. The molecular weight excluding hydrogens is 168 g/mol. The fourth-order valence-electron chi connectivity index (χ4n) is 1.35. The molecule has 0 amide bonds. The highest BCUT2D eigenvalue weighted by molar-refractivity contribution is 5.29. The molecule has 74 valence electrons. The second kappa shape index (κ2) is 3.38. The van der Waals surface area contributed by atoms with Gasteiger partial charge in [-0.15, -0.1) is 0 Å². The molecule has 0 spiro atoms. The van der Waals surface area contributed by atoms with Gasteiger partial charge in [0.25, 0.3) is 0 Å². The van der Waals surface area contributed by atoms with E-state index < -0.39 is 5.60 Å². The Bertz CT molecular complexity index is 292. The van der Waals surface area contributed by atoms with Crippen molar-refractivity contribution in [2.75, 3.05) is 7.11 Å². The van der Waals surface area contributed by atoms with E-state index in [0.29, 0.717) is 12.2 Å². The predicted molar refractivity (Wildman–Crippen MR) is 49.6 cm³/mol. The van der Waals surface area contributed by atoms with E-state index in [4.69, 9.17) is 4.74 Å². The molecule has 1 aromatic heterocycles. The van der Waals surface area contributed by atoms with Gasteiger partial charge in [-0.25, -0.2) is 0 Å². The predicted octanol–water partition coefficient (Wildman–Crippen LogP) is 1.05. The third kappa shape index (κ3) is 1.67. The van der Waals surface area contributed by atoms with E-state index in [2.05, 4.69) is 5.10 Å². The van der Waals surface area contributed by atoms with Gasteiger partial charge < -0.3 is 9.84 Å². The number of nitrogens with zero attached hydrogens (tertiary/aromatic N) is 2. The van der Waals surface area contributed by atoms with Gasteiger partial charge in [-0.3, -0.25) is 4.68 Å². The molecule has 0 bridgehead atoms. The molecule has 0 saturated carbocycles. The molecule has 4 heteroatoms. The van der Waals surface area contributed by atoms with Crippen LogP contribution in [0.1, 0.15) is 26.0 Å². The van der Waals surface area contributed by atoms with Gasteiger partial charge in [0.1, 0.15) is 11.3 Å². The Morgan fingerprint density at radius 1 is 1.69 bits per heavy atom. The first-order chi connectivity index (χ1) is 6.03. The summed E-state index contributed by atoms with van der Waals surface area (Å²) in [4.78, 5) is 0. The molecule has 13 heavy (non-hydrogen) atoms. The highest BCUT2D eigenvalue weighted by Crippen LogP contribution is 2.31. The number of ether oxygens (including phenoxy) is 1. The second-order valence-electron chi connectivity index (χ2n) is 3.31. The van der Waals surface area contributed by atoms with Crippen molar-refractivity contribution in [1.29, 1.82) is 0 Å². The minimum Gasteiger partial charge on any atom is -0.493 e. The van der Waals surface area contributed by atoms with Crippen molar-refractivity contribution in [3.63, 3.8) is 0 Å². The summed E-state index contributed by atoms with van der Waals surface area (Å²) in [6.45, 7) is 3.68. The van der Waals surface area contributed by atoms with Crippen LogP contribution in [-0.2, 0) is 12.6 Å². The molecular formula is C9H16N2O2. The second-order valence-corrected chi connectivity index (χ2v) is 3.31. The fourth-order valence-corrected chi connectivity index (χ4v) is 1.35. The highest BCUT2D eigenvalue weighted by atomic mass is 16.5. The van der Waals surface area contributed by atoms with E-state index in [0.717, 1.165) is 5.69 Å². The first kappa shape index (κ1) is 10.1. The van der Waals surface area contributed by atoms with Gasteiger partial charge in [-0.2, -0.15) is 5.10 Å². The average Bonchev–Trinajstić information content (AvgIpc) is 2.47. The van der Waals surface area contributed by atoms with Crippen molar-refractivity contribution in [2.45, 2.75) is 25.9 Å². The van der Waals surface area contributed by atoms with Crippen LogP contribution < -0.4 is 4.74 Å². The molecule has 1 N–H and O–H groups in total. The molecule has 1 aromatic rings. The zero-order valence-electron chi connectivity index (χ0n) is 8.53. The number of rotatable bonds is 3. The van der Waals surface area contributed by atoms with Gasteiger partial charge in [-0.05, 0) is 13.3 Å². The molecule has 1 rings (SSSR count). The van der Waals surface area contributed by atoms with E-state index in [1.54, 1.807) is 32.0 Å². The Morgan fingerprint density at radius 3 is 2.77 bits per heavy atom. The topological polar surface area (TPSA) is 47.3 Å². The van der Waals surface area contributed by atoms with Crippen LogP contribution in [0.15, 0.2) is 6.20 Å². The standard InChI is InChI=1S/C9H16N2O2/c1-5-9(2,12)8-7(13-4)6-10-11(8)3/h6,12H,5H2,1-4H3. The van der Waals surface area contributed by atoms with Crippen molar-refractivity contribution in [3.8, 4) is 5.75 Å². The van der Waals surface area contributed by atoms with Crippen molar-refractivity contribution < 1.29 is 9.84 Å². The lowest BCUT2D eigenvalue weighted by Gasteiger charge is -2.22. The van der Waals surface area contributed by atoms with Crippen LogP contribution in [0.2, 0.25) is 0 Å². The van der Waals surface area contributed by atoms with E-state index >= 15 is 0 Å². The lowest BCUT2D eigenvalue weighted by atomic mass is 9.99.